The Hall–Kier alpha value is -3.41. The smallest absolute Gasteiger partial charge is 0.225 e. The zero-order valence-electron chi connectivity index (χ0n) is 17.4. The van der Waals surface area contributed by atoms with Gasteiger partial charge in [0.25, 0.3) is 0 Å². The van der Waals surface area contributed by atoms with Crippen LogP contribution in [0.15, 0.2) is 91.0 Å². The fourth-order valence-electron chi connectivity index (χ4n) is 3.18. The molecule has 0 unspecified atom stereocenters. The Morgan fingerprint density at radius 1 is 0.688 bits per heavy atom. The van der Waals surface area contributed by atoms with Gasteiger partial charge in [-0.2, -0.15) is 4.98 Å². The lowest BCUT2D eigenvalue weighted by Gasteiger charge is -2.14. The molecule has 4 aromatic rings. The van der Waals surface area contributed by atoms with Gasteiger partial charge in [0.05, 0.1) is 0 Å². The van der Waals surface area contributed by atoms with Gasteiger partial charge in [-0.25, -0.2) is 4.39 Å². The van der Waals surface area contributed by atoms with Crippen LogP contribution in [0.4, 0.5) is 4.39 Å². The third-order valence-electron chi connectivity index (χ3n) is 4.84. The molecule has 0 fully saturated rings. The Morgan fingerprint density at radius 3 is 1.94 bits per heavy atom. The van der Waals surface area contributed by atoms with E-state index in [1.165, 1.54) is 6.07 Å². The minimum absolute atomic E-state index is 0. The van der Waals surface area contributed by atoms with E-state index in [1.807, 2.05) is 60.7 Å². The molecule has 0 atom stereocenters. The number of aromatic nitrogens is 1. The molecule has 0 bridgehead atoms. The molecule has 0 aliphatic rings. The summed E-state index contributed by atoms with van der Waals surface area (Å²) in [6.45, 7) is 1.00. The Bertz CT molecular complexity index is 1140. The topological polar surface area (TPSA) is 57.4 Å². The zero-order chi connectivity index (χ0) is 21.5. The number of nitrogens with two attached hydrogens (primary N) is 1. The number of rotatable bonds is 8. The van der Waals surface area contributed by atoms with Crippen molar-refractivity contribution >= 4 is 12.4 Å². The van der Waals surface area contributed by atoms with Crippen molar-refractivity contribution in [2.24, 2.45) is 5.73 Å². The Labute approximate surface area is 193 Å². The van der Waals surface area contributed by atoms with Crippen molar-refractivity contribution < 1.29 is 13.9 Å². The summed E-state index contributed by atoms with van der Waals surface area (Å²) in [5.41, 5.74) is 9.54. The van der Waals surface area contributed by atoms with Gasteiger partial charge in [0, 0.05) is 23.7 Å². The Kier molecular flexibility index (Phi) is 8.20. The van der Waals surface area contributed by atoms with E-state index in [1.54, 1.807) is 24.3 Å². The van der Waals surface area contributed by atoms with E-state index in [4.69, 9.17) is 15.2 Å². The lowest BCUT2D eigenvalue weighted by atomic mass is 10.0. The molecule has 0 spiro atoms. The highest BCUT2D eigenvalue weighted by atomic mass is 35.5. The van der Waals surface area contributed by atoms with Crippen molar-refractivity contribution in [2.75, 3.05) is 0 Å². The maximum atomic E-state index is 14.6. The number of pyridine rings is 1. The van der Waals surface area contributed by atoms with Crippen LogP contribution in [0.1, 0.15) is 16.7 Å². The summed E-state index contributed by atoms with van der Waals surface area (Å²) >= 11 is 0. The molecule has 6 heteroatoms. The van der Waals surface area contributed by atoms with Gasteiger partial charge in [0.15, 0.2) is 0 Å². The Morgan fingerprint density at radius 2 is 1.31 bits per heavy atom. The molecule has 2 N–H and O–H groups in total. The fourth-order valence-corrected chi connectivity index (χ4v) is 3.18. The highest BCUT2D eigenvalue weighted by Gasteiger charge is 2.15. The van der Waals surface area contributed by atoms with Crippen molar-refractivity contribution in [1.82, 2.24) is 4.98 Å². The molecule has 3 aromatic carbocycles. The second-order valence-corrected chi connectivity index (χ2v) is 7.07. The van der Waals surface area contributed by atoms with Crippen LogP contribution in [0, 0.1) is 5.82 Å². The molecule has 0 saturated carbocycles. The number of halogens is 2. The van der Waals surface area contributed by atoms with Crippen LogP contribution < -0.4 is 15.2 Å². The van der Waals surface area contributed by atoms with E-state index in [2.05, 4.69) is 4.98 Å². The zero-order valence-corrected chi connectivity index (χ0v) is 18.2. The monoisotopic (exact) mass is 450 g/mol. The molecular formula is C26H24ClFN2O2. The van der Waals surface area contributed by atoms with Crippen LogP contribution in [0.2, 0.25) is 0 Å². The highest BCUT2D eigenvalue weighted by molar-refractivity contribution is 5.85. The standard InChI is InChI=1S/C26H23FN2O2.ClH/c27-24-13-11-21(16-28)15-23(24)22-12-14-25(30-17-19-7-3-1-4-8-19)29-26(22)31-18-20-9-5-2-6-10-20;/h1-15H,16-18,28H2;1H. The molecule has 0 saturated heterocycles. The number of benzene rings is 3. The molecule has 164 valence electrons. The summed E-state index contributed by atoms with van der Waals surface area (Å²) in [5, 5.41) is 0. The van der Waals surface area contributed by atoms with E-state index in [0.717, 1.165) is 16.7 Å². The summed E-state index contributed by atoms with van der Waals surface area (Å²) < 4.78 is 26.5. The van der Waals surface area contributed by atoms with Crippen LogP contribution in [-0.2, 0) is 19.8 Å². The van der Waals surface area contributed by atoms with Crippen LogP contribution in [0.5, 0.6) is 11.8 Å². The SMILES string of the molecule is Cl.NCc1ccc(F)c(-c2ccc(OCc3ccccc3)nc2OCc2ccccc2)c1. The van der Waals surface area contributed by atoms with E-state index in [-0.39, 0.29) is 18.2 Å². The molecule has 1 heterocycles. The van der Waals surface area contributed by atoms with Crippen molar-refractivity contribution in [3.8, 4) is 22.9 Å². The van der Waals surface area contributed by atoms with Gasteiger partial charge in [-0.3, -0.25) is 0 Å². The Balaban J connectivity index is 0.00000289. The lowest BCUT2D eigenvalue weighted by Crippen LogP contribution is -2.03. The van der Waals surface area contributed by atoms with Crippen LogP contribution in [0.3, 0.4) is 0 Å². The minimum atomic E-state index is -0.360. The number of hydrogen-bond donors (Lipinski definition) is 1. The maximum absolute atomic E-state index is 14.6. The largest absolute Gasteiger partial charge is 0.473 e. The summed E-state index contributed by atoms with van der Waals surface area (Å²) in [6.07, 6.45) is 0. The first-order valence-electron chi connectivity index (χ1n) is 10.1. The molecule has 0 amide bonds. The fraction of sp³-hybridized carbons (Fsp3) is 0.115. The predicted octanol–water partition coefficient (Wildman–Crippen LogP) is 5.93. The second-order valence-electron chi connectivity index (χ2n) is 7.07. The average Bonchev–Trinajstić information content (AvgIpc) is 2.83. The average molecular weight is 451 g/mol. The summed E-state index contributed by atoms with van der Waals surface area (Å²) in [6, 6.07) is 27.9. The molecule has 4 rings (SSSR count). The van der Waals surface area contributed by atoms with E-state index in [0.29, 0.717) is 42.6 Å². The maximum Gasteiger partial charge on any atom is 0.225 e. The normalized spacial score (nSPS) is 10.3. The van der Waals surface area contributed by atoms with Crippen molar-refractivity contribution in [3.05, 3.63) is 114 Å². The first-order chi connectivity index (χ1) is 15.2. The number of nitrogens with zero attached hydrogens (tertiary/aromatic N) is 1. The van der Waals surface area contributed by atoms with Crippen molar-refractivity contribution in [3.63, 3.8) is 0 Å². The predicted molar refractivity (Wildman–Crippen MR) is 126 cm³/mol. The third-order valence-corrected chi connectivity index (χ3v) is 4.84. The summed E-state index contributed by atoms with van der Waals surface area (Å²) in [4.78, 5) is 4.53. The molecule has 4 nitrogen and oxygen atoms in total. The van der Waals surface area contributed by atoms with E-state index < -0.39 is 0 Å². The molecule has 1 aromatic heterocycles. The van der Waals surface area contributed by atoms with Gasteiger partial charge in [-0.1, -0.05) is 66.7 Å². The molecule has 0 radical (unpaired) electrons. The van der Waals surface area contributed by atoms with E-state index >= 15 is 0 Å². The minimum Gasteiger partial charge on any atom is -0.473 e. The van der Waals surface area contributed by atoms with Gasteiger partial charge in [-0.15, -0.1) is 12.4 Å². The van der Waals surface area contributed by atoms with Gasteiger partial charge in [-0.05, 0) is 34.9 Å². The quantitative estimate of drug-likeness (QED) is 0.361. The summed E-state index contributed by atoms with van der Waals surface area (Å²) in [7, 11) is 0. The van der Waals surface area contributed by atoms with Crippen LogP contribution in [0.25, 0.3) is 11.1 Å². The van der Waals surface area contributed by atoms with Gasteiger partial charge in [0.2, 0.25) is 11.8 Å². The first kappa shape index (κ1) is 23.3. The third kappa shape index (κ3) is 5.84. The molecule has 0 aliphatic heterocycles. The van der Waals surface area contributed by atoms with Gasteiger partial charge < -0.3 is 15.2 Å². The highest BCUT2D eigenvalue weighted by Crippen LogP contribution is 2.33. The molecule has 0 aliphatic carbocycles. The van der Waals surface area contributed by atoms with Crippen LogP contribution in [-0.4, -0.2) is 4.98 Å². The van der Waals surface area contributed by atoms with E-state index in [9.17, 15) is 4.39 Å². The lowest BCUT2D eigenvalue weighted by molar-refractivity contribution is 0.268. The van der Waals surface area contributed by atoms with Gasteiger partial charge in [0.1, 0.15) is 19.0 Å². The summed E-state index contributed by atoms with van der Waals surface area (Å²) in [5.74, 6) is 0.357. The second kappa shape index (κ2) is 11.3. The van der Waals surface area contributed by atoms with Crippen molar-refractivity contribution in [2.45, 2.75) is 19.8 Å². The van der Waals surface area contributed by atoms with Crippen molar-refractivity contribution in [1.29, 1.82) is 0 Å². The molecular weight excluding hydrogens is 427 g/mol. The number of ether oxygens (including phenoxy) is 2. The molecule has 32 heavy (non-hydrogen) atoms. The first-order valence-corrected chi connectivity index (χ1v) is 10.1. The number of hydrogen-bond acceptors (Lipinski definition) is 4. The van der Waals surface area contributed by atoms with Crippen LogP contribution >= 0.6 is 12.4 Å². The van der Waals surface area contributed by atoms with Gasteiger partial charge >= 0.3 is 0 Å².